The van der Waals surface area contributed by atoms with Crippen molar-refractivity contribution < 1.29 is 17.9 Å². The molecule has 2 rings (SSSR count). The van der Waals surface area contributed by atoms with Gasteiger partial charge in [-0.05, 0) is 26.7 Å². The van der Waals surface area contributed by atoms with Gasteiger partial charge in [0.2, 0.25) is 15.9 Å². The van der Waals surface area contributed by atoms with Crippen molar-refractivity contribution in [2.45, 2.75) is 38.4 Å². The maximum absolute atomic E-state index is 12.1. The molecule has 118 valence electrons. The molecule has 0 aromatic carbocycles. The number of rotatable bonds is 4. The number of aryl methyl sites for hydroxylation is 2. The van der Waals surface area contributed by atoms with Gasteiger partial charge in [0.25, 0.3) is 0 Å². The Kier molecular flexibility index (Phi) is 4.67. The first-order valence-electron chi connectivity index (χ1n) is 6.92. The standard InChI is InChI=1S/C13H21N3O4S/c1-9-12(10(2)16(3)14-9)7-13(17)15-21(18,19)11-5-4-6-20-8-11/h11H,4-8H2,1-3H3,(H,15,17). The van der Waals surface area contributed by atoms with Crippen LogP contribution in [0.4, 0.5) is 0 Å². The average molecular weight is 315 g/mol. The van der Waals surface area contributed by atoms with Crippen molar-refractivity contribution >= 4 is 15.9 Å². The van der Waals surface area contributed by atoms with E-state index in [1.165, 1.54) is 0 Å². The smallest absolute Gasteiger partial charge is 0.240 e. The Hall–Kier alpha value is -1.41. The summed E-state index contributed by atoms with van der Waals surface area (Å²) >= 11 is 0. The summed E-state index contributed by atoms with van der Waals surface area (Å²) in [7, 11) is -1.88. The van der Waals surface area contributed by atoms with Crippen molar-refractivity contribution in [3.05, 3.63) is 17.0 Å². The monoisotopic (exact) mass is 315 g/mol. The Balaban J connectivity index is 2.04. The van der Waals surface area contributed by atoms with Crippen LogP contribution in [-0.2, 0) is 33.0 Å². The molecule has 1 amide bonds. The fraction of sp³-hybridized carbons (Fsp3) is 0.692. The average Bonchev–Trinajstić information content (AvgIpc) is 2.66. The van der Waals surface area contributed by atoms with Crippen LogP contribution in [0.2, 0.25) is 0 Å². The van der Waals surface area contributed by atoms with Crippen LogP contribution in [-0.4, -0.2) is 42.6 Å². The molecule has 7 nitrogen and oxygen atoms in total. The van der Waals surface area contributed by atoms with E-state index in [-0.39, 0.29) is 13.0 Å². The third-order valence-electron chi connectivity index (χ3n) is 3.81. The minimum atomic E-state index is -3.67. The number of sulfonamides is 1. The van der Waals surface area contributed by atoms with E-state index in [1.54, 1.807) is 18.7 Å². The van der Waals surface area contributed by atoms with Gasteiger partial charge in [-0.1, -0.05) is 0 Å². The topological polar surface area (TPSA) is 90.3 Å². The molecule has 1 saturated heterocycles. The van der Waals surface area contributed by atoms with E-state index in [4.69, 9.17) is 4.74 Å². The predicted octanol–water partition coefficient (Wildman–Crippen LogP) is 0.204. The van der Waals surface area contributed by atoms with Gasteiger partial charge in [-0.25, -0.2) is 8.42 Å². The van der Waals surface area contributed by atoms with Gasteiger partial charge in [-0.3, -0.25) is 14.2 Å². The highest BCUT2D eigenvalue weighted by molar-refractivity contribution is 7.90. The predicted molar refractivity (Wildman–Crippen MR) is 77.3 cm³/mol. The first kappa shape index (κ1) is 16.0. The van der Waals surface area contributed by atoms with Crippen LogP contribution in [0.5, 0.6) is 0 Å². The van der Waals surface area contributed by atoms with Crippen molar-refractivity contribution in [1.82, 2.24) is 14.5 Å². The van der Waals surface area contributed by atoms with Gasteiger partial charge in [0.15, 0.2) is 0 Å². The number of carbonyl (C=O) groups is 1. The number of nitrogens with one attached hydrogen (secondary N) is 1. The van der Waals surface area contributed by atoms with Gasteiger partial charge in [-0.15, -0.1) is 0 Å². The molecule has 21 heavy (non-hydrogen) atoms. The third kappa shape index (κ3) is 3.62. The number of nitrogens with zero attached hydrogens (tertiary/aromatic N) is 2. The maximum atomic E-state index is 12.1. The summed E-state index contributed by atoms with van der Waals surface area (Å²) in [5.41, 5.74) is 2.37. The molecule has 0 radical (unpaired) electrons. The number of ether oxygens (including phenoxy) is 1. The molecule has 1 unspecified atom stereocenters. The van der Waals surface area contributed by atoms with Crippen LogP contribution >= 0.6 is 0 Å². The molecule has 1 aliphatic heterocycles. The first-order valence-corrected chi connectivity index (χ1v) is 8.47. The molecule has 1 N–H and O–H groups in total. The highest BCUT2D eigenvalue weighted by Gasteiger charge is 2.29. The molecule has 1 aromatic rings. The number of hydrogen-bond acceptors (Lipinski definition) is 5. The van der Waals surface area contributed by atoms with Crippen molar-refractivity contribution in [2.24, 2.45) is 7.05 Å². The van der Waals surface area contributed by atoms with Gasteiger partial charge < -0.3 is 4.74 Å². The molecule has 0 bridgehead atoms. The summed E-state index contributed by atoms with van der Waals surface area (Å²) in [6.07, 6.45) is 1.23. The summed E-state index contributed by atoms with van der Waals surface area (Å²) < 4.78 is 33.3. The number of carbonyl (C=O) groups excluding carboxylic acids is 1. The van der Waals surface area contributed by atoms with E-state index in [1.807, 2.05) is 6.92 Å². The number of amides is 1. The van der Waals surface area contributed by atoms with Crippen molar-refractivity contribution in [2.75, 3.05) is 13.2 Å². The van der Waals surface area contributed by atoms with E-state index < -0.39 is 21.2 Å². The minimum Gasteiger partial charge on any atom is -0.380 e. The molecule has 8 heteroatoms. The lowest BCUT2D eigenvalue weighted by molar-refractivity contribution is -0.118. The fourth-order valence-corrected chi connectivity index (χ4v) is 3.78. The SMILES string of the molecule is Cc1nn(C)c(C)c1CC(=O)NS(=O)(=O)C1CCCOC1. The number of aromatic nitrogens is 2. The largest absolute Gasteiger partial charge is 0.380 e. The van der Waals surface area contributed by atoms with Crippen LogP contribution in [0.3, 0.4) is 0 Å². The summed E-state index contributed by atoms with van der Waals surface area (Å²) in [5, 5.41) is 3.57. The number of hydrogen-bond donors (Lipinski definition) is 1. The van der Waals surface area contributed by atoms with Gasteiger partial charge >= 0.3 is 0 Å². The van der Waals surface area contributed by atoms with Crippen LogP contribution in [0.1, 0.15) is 29.8 Å². The Morgan fingerprint density at radius 1 is 1.48 bits per heavy atom. The van der Waals surface area contributed by atoms with E-state index in [0.717, 1.165) is 17.0 Å². The fourth-order valence-electron chi connectivity index (χ4n) is 2.47. The van der Waals surface area contributed by atoms with E-state index in [2.05, 4.69) is 9.82 Å². The maximum Gasteiger partial charge on any atom is 0.240 e. The lowest BCUT2D eigenvalue weighted by Crippen LogP contribution is -2.42. The Bertz CT molecular complexity index is 630. The van der Waals surface area contributed by atoms with Crippen LogP contribution in [0, 0.1) is 13.8 Å². The Morgan fingerprint density at radius 3 is 2.71 bits per heavy atom. The molecule has 2 heterocycles. The highest BCUT2D eigenvalue weighted by Crippen LogP contribution is 2.15. The van der Waals surface area contributed by atoms with Crippen molar-refractivity contribution in [3.63, 3.8) is 0 Å². The molecule has 0 spiro atoms. The van der Waals surface area contributed by atoms with Gasteiger partial charge in [-0.2, -0.15) is 5.10 Å². The lowest BCUT2D eigenvalue weighted by Gasteiger charge is -2.22. The molecule has 0 saturated carbocycles. The quantitative estimate of drug-likeness (QED) is 0.857. The summed E-state index contributed by atoms with van der Waals surface area (Å²) in [5.74, 6) is -0.528. The second kappa shape index (κ2) is 6.15. The zero-order valence-electron chi connectivity index (χ0n) is 12.5. The van der Waals surface area contributed by atoms with E-state index >= 15 is 0 Å². The molecule has 1 aromatic heterocycles. The summed E-state index contributed by atoms with van der Waals surface area (Å²) in [4.78, 5) is 12.0. The molecular weight excluding hydrogens is 294 g/mol. The lowest BCUT2D eigenvalue weighted by atomic mass is 10.1. The zero-order valence-corrected chi connectivity index (χ0v) is 13.4. The van der Waals surface area contributed by atoms with Gasteiger partial charge in [0.05, 0.1) is 18.7 Å². The van der Waals surface area contributed by atoms with Crippen LogP contribution in [0.25, 0.3) is 0 Å². The first-order chi connectivity index (χ1) is 9.81. The van der Waals surface area contributed by atoms with Crippen molar-refractivity contribution in [3.8, 4) is 0 Å². The minimum absolute atomic E-state index is 0.0122. The Labute approximate surface area is 124 Å². The van der Waals surface area contributed by atoms with Crippen LogP contribution < -0.4 is 4.72 Å². The molecule has 1 atom stereocenters. The van der Waals surface area contributed by atoms with E-state index in [0.29, 0.717) is 19.4 Å². The Morgan fingerprint density at radius 2 is 2.19 bits per heavy atom. The summed E-state index contributed by atoms with van der Waals surface area (Å²) in [6, 6.07) is 0. The third-order valence-corrected chi connectivity index (χ3v) is 5.57. The van der Waals surface area contributed by atoms with Gasteiger partial charge in [0.1, 0.15) is 5.25 Å². The molecular formula is C13H21N3O4S. The zero-order chi connectivity index (χ0) is 15.6. The highest BCUT2D eigenvalue weighted by atomic mass is 32.2. The second-order valence-electron chi connectivity index (χ2n) is 5.36. The molecule has 1 aliphatic rings. The van der Waals surface area contributed by atoms with E-state index in [9.17, 15) is 13.2 Å². The molecule has 1 fully saturated rings. The van der Waals surface area contributed by atoms with Gasteiger partial charge in [0, 0.05) is 24.9 Å². The molecule has 0 aliphatic carbocycles. The second-order valence-corrected chi connectivity index (χ2v) is 7.32. The van der Waals surface area contributed by atoms with Crippen molar-refractivity contribution in [1.29, 1.82) is 0 Å². The normalized spacial score (nSPS) is 19.5. The summed E-state index contributed by atoms with van der Waals surface area (Å²) in [6.45, 7) is 4.38. The van der Waals surface area contributed by atoms with Crippen LogP contribution in [0.15, 0.2) is 0 Å².